The Morgan fingerprint density at radius 2 is 1.73 bits per heavy atom. The smallest absolute Gasteiger partial charge is 0.550 e. The predicted octanol–water partition coefficient (Wildman–Crippen LogP) is 3.07. The van der Waals surface area contributed by atoms with Gasteiger partial charge in [0.1, 0.15) is 6.33 Å². The van der Waals surface area contributed by atoms with Crippen LogP contribution >= 0.6 is 22.9 Å². The van der Waals surface area contributed by atoms with Crippen LogP contribution in [0.4, 0.5) is 16.2 Å². The number of urea groups is 1. The third-order valence-corrected chi connectivity index (χ3v) is 7.85. The first-order valence-electron chi connectivity index (χ1n) is 11.8. The van der Waals surface area contributed by atoms with E-state index in [9.17, 15) is 14.7 Å². The van der Waals surface area contributed by atoms with E-state index in [0.717, 1.165) is 47.2 Å². The molecule has 2 aromatic heterocycles. The maximum atomic E-state index is 12.3. The molecule has 4 aromatic rings. The van der Waals surface area contributed by atoms with Gasteiger partial charge in [-0.25, -0.2) is 14.8 Å². The molecule has 1 fully saturated rings. The number of anilines is 2. The molecule has 2 amide bonds. The van der Waals surface area contributed by atoms with E-state index in [2.05, 4.69) is 26.0 Å². The number of amides is 2. The number of nitrogens with zero attached hydrogens (tertiary/aromatic N) is 2. The minimum atomic E-state index is -0.959. The Labute approximate surface area is 246 Å². The monoisotopic (exact) mass is 542 g/mol. The first-order valence-corrected chi connectivity index (χ1v) is 13.1. The predicted molar refractivity (Wildman–Crippen MR) is 141 cm³/mol. The van der Waals surface area contributed by atoms with Crippen molar-refractivity contribution in [3.05, 3.63) is 70.8 Å². The molecule has 10 heteroatoms. The molecule has 5 rings (SSSR count). The Hall–Kier alpha value is -2.49. The third kappa shape index (κ3) is 6.69. The molecule has 0 atom stereocenters. The minimum Gasteiger partial charge on any atom is -0.550 e. The summed E-state index contributed by atoms with van der Waals surface area (Å²) in [5.74, 6) is -0.370. The number of benzene rings is 2. The van der Waals surface area contributed by atoms with Crippen LogP contribution in [0, 0.1) is 5.92 Å². The number of nitrogens with one attached hydrogen (secondary N) is 2. The summed E-state index contributed by atoms with van der Waals surface area (Å²) in [4.78, 5) is 32.4. The van der Waals surface area contributed by atoms with Gasteiger partial charge in [-0.2, -0.15) is 0 Å². The van der Waals surface area contributed by atoms with Crippen molar-refractivity contribution >= 4 is 56.5 Å². The zero-order chi connectivity index (χ0) is 25.1. The number of hydrogen-bond donors (Lipinski definition) is 2. The fourth-order valence-electron chi connectivity index (χ4n) is 4.85. The van der Waals surface area contributed by atoms with Gasteiger partial charge < -0.3 is 20.5 Å². The van der Waals surface area contributed by atoms with Crippen LogP contribution in [0.5, 0.6) is 0 Å². The molecule has 7 nitrogen and oxygen atoms in total. The molecule has 0 spiro atoms. The van der Waals surface area contributed by atoms with Crippen molar-refractivity contribution in [3.8, 4) is 11.3 Å². The quantitative estimate of drug-likeness (QED) is 0.364. The molecule has 184 valence electrons. The first-order chi connectivity index (χ1) is 17.5. The van der Waals surface area contributed by atoms with Gasteiger partial charge in [0.2, 0.25) is 0 Å². The van der Waals surface area contributed by atoms with Crippen molar-refractivity contribution in [3.63, 3.8) is 0 Å². The van der Waals surface area contributed by atoms with Crippen LogP contribution in [-0.2, 0) is 4.79 Å². The van der Waals surface area contributed by atoms with Gasteiger partial charge >= 0.3 is 35.6 Å². The van der Waals surface area contributed by atoms with E-state index in [0.29, 0.717) is 22.3 Å². The average Bonchev–Trinajstić information content (AvgIpc) is 3.29. The normalized spacial score (nSPS) is 17.1. The van der Waals surface area contributed by atoms with Crippen LogP contribution < -0.4 is 45.3 Å². The van der Waals surface area contributed by atoms with Crippen molar-refractivity contribution in [1.82, 2.24) is 9.97 Å². The molecule has 0 unspecified atom stereocenters. The number of aliphatic carboxylic acids is 1. The number of carboxylic acid groups (broad SMARTS) is 1. The molecule has 0 bridgehead atoms. The Morgan fingerprint density at radius 1 is 1.00 bits per heavy atom. The molecular weight excluding hydrogens is 519 g/mol. The number of thiophene rings is 1. The summed E-state index contributed by atoms with van der Waals surface area (Å²) in [5.41, 5.74) is 5.26. The van der Waals surface area contributed by atoms with Crippen molar-refractivity contribution in [2.24, 2.45) is 5.92 Å². The largest absolute Gasteiger partial charge is 1.00 e. The van der Waals surface area contributed by atoms with Crippen LogP contribution in [0.25, 0.3) is 21.5 Å². The van der Waals surface area contributed by atoms with Crippen LogP contribution in [0.1, 0.15) is 43.6 Å². The zero-order valence-corrected chi connectivity index (χ0v) is 23.9. The Balaban J connectivity index is 0.00000320. The van der Waals surface area contributed by atoms with Gasteiger partial charge in [0.25, 0.3) is 0 Å². The van der Waals surface area contributed by atoms with E-state index < -0.39 is 5.97 Å². The van der Waals surface area contributed by atoms with Crippen LogP contribution in [0.2, 0.25) is 5.02 Å². The number of aromatic nitrogens is 2. The van der Waals surface area contributed by atoms with Crippen molar-refractivity contribution in [2.45, 2.75) is 38.0 Å². The molecule has 2 heterocycles. The van der Waals surface area contributed by atoms with Gasteiger partial charge in [0.15, 0.2) is 0 Å². The summed E-state index contributed by atoms with van der Waals surface area (Å²) >= 11 is 7.61. The molecule has 1 aliphatic carbocycles. The summed E-state index contributed by atoms with van der Waals surface area (Å²) < 4.78 is 1.03. The van der Waals surface area contributed by atoms with E-state index in [-0.39, 0.29) is 47.9 Å². The van der Waals surface area contributed by atoms with Crippen LogP contribution in [0.3, 0.4) is 0 Å². The standard InChI is InChI=1S/C27H25ClN4O3S.Na/c28-19-2-1-3-21(13-19)32-27(35)31-20-10-8-18(9-11-20)24-26-25(30-15-29-24)22(14-36-26)17-6-4-16(5-7-17)12-23(33)34;/h1-3,8-11,13-17H,4-7,12H2,(H,33,34)(H2,31,32,35);/q;+1/p-1. The molecule has 0 saturated heterocycles. The van der Waals surface area contributed by atoms with Crippen LogP contribution in [0.15, 0.2) is 60.2 Å². The van der Waals surface area contributed by atoms with E-state index in [4.69, 9.17) is 11.6 Å². The SMILES string of the molecule is O=C([O-])CC1CCC(c2csc3c(-c4ccc(NC(=O)Nc5cccc(Cl)c5)cc4)ncnc23)CC1.[Na+]. The first kappa shape index (κ1) is 27.5. The molecule has 2 aromatic carbocycles. The number of rotatable bonds is 6. The number of carbonyl (C=O) groups is 2. The average molecular weight is 543 g/mol. The van der Waals surface area contributed by atoms with Gasteiger partial charge in [0, 0.05) is 27.9 Å². The van der Waals surface area contributed by atoms with Gasteiger partial charge in [-0.3, -0.25) is 0 Å². The number of hydrogen-bond acceptors (Lipinski definition) is 6. The van der Waals surface area contributed by atoms with E-state index in [1.807, 2.05) is 24.3 Å². The second-order valence-electron chi connectivity index (χ2n) is 9.05. The fraction of sp³-hybridized carbons (Fsp3) is 0.259. The van der Waals surface area contributed by atoms with Gasteiger partial charge in [-0.05, 0) is 85.2 Å². The summed E-state index contributed by atoms with van der Waals surface area (Å²) in [7, 11) is 0. The van der Waals surface area contributed by atoms with E-state index in [1.165, 1.54) is 5.56 Å². The second-order valence-corrected chi connectivity index (χ2v) is 10.4. The Bertz CT molecular complexity index is 1400. The maximum Gasteiger partial charge on any atom is 1.00 e. The molecule has 37 heavy (non-hydrogen) atoms. The Kier molecular flexibility index (Phi) is 9.21. The van der Waals surface area contributed by atoms with Gasteiger partial charge in [0.05, 0.1) is 15.9 Å². The van der Waals surface area contributed by atoms with Crippen molar-refractivity contribution in [1.29, 1.82) is 0 Å². The molecular formula is C27H24ClN4NaO3S. The van der Waals surface area contributed by atoms with Crippen LogP contribution in [-0.4, -0.2) is 22.0 Å². The topological polar surface area (TPSA) is 107 Å². The number of halogens is 1. The van der Waals surface area contributed by atoms with Crippen molar-refractivity contribution in [2.75, 3.05) is 10.6 Å². The number of carboxylic acids is 1. The Morgan fingerprint density at radius 3 is 2.43 bits per heavy atom. The third-order valence-electron chi connectivity index (χ3n) is 6.62. The van der Waals surface area contributed by atoms with E-state index >= 15 is 0 Å². The maximum absolute atomic E-state index is 12.3. The fourth-order valence-corrected chi connectivity index (χ4v) is 6.15. The van der Waals surface area contributed by atoms with Gasteiger partial charge in [-0.15, -0.1) is 11.3 Å². The summed E-state index contributed by atoms with van der Waals surface area (Å²) in [6.45, 7) is 0. The van der Waals surface area contributed by atoms with E-state index in [1.54, 1.807) is 41.9 Å². The van der Waals surface area contributed by atoms with Crippen molar-refractivity contribution < 1.29 is 44.3 Å². The number of fused-ring (bicyclic) bond motifs is 1. The molecule has 0 aliphatic heterocycles. The molecule has 2 N–H and O–H groups in total. The summed E-state index contributed by atoms with van der Waals surface area (Å²) in [5, 5.41) is 19.2. The minimum absolute atomic E-state index is 0. The molecule has 1 aliphatic rings. The summed E-state index contributed by atoms with van der Waals surface area (Å²) in [6, 6.07) is 14.2. The molecule has 1 saturated carbocycles. The van der Waals surface area contributed by atoms with Gasteiger partial charge in [-0.1, -0.05) is 29.8 Å². The number of carbonyl (C=O) groups excluding carboxylic acids is 2. The summed E-state index contributed by atoms with van der Waals surface area (Å²) in [6.07, 6.45) is 5.46. The zero-order valence-electron chi connectivity index (χ0n) is 20.4. The molecule has 0 radical (unpaired) electrons. The second kappa shape index (κ2) is 12.4.